The van der Waals surface area contributed by atoms with Crippen molar-refractivity contribution >= 4 is 5.82 Å². The van der Waals surface area contributed by atoms with Crippen LogP contribution in [0, 0.1) is 0 Å². The number of piperidine rings is 1. The van der Waals surface area contributed by atoms with Crippen LogP contribution in [-0.2, 0) is 7.05 Å². The number of rotatable bonds is 1. The molecule has 15 heavy (non-hydrogen) atoms. The minimum absolute atomic E-state index is 0.405. The number of nitrogens with zero attached hydrogens (tertiary/aromatic N) is 3. The van der Waals surface area contributed by atoms with E-state index in [0.717, 1.165) is 18.7 Å². The summed E-state index contributed by atoms with van der Waals surface area (Å²) in [4.78, 5) is 2.49. The smallest absolute Gasteiger partial charge is 0.151 e. The largest absolute Gasteiger partial charge is 0.349 e. The predicted molar refractivity (Wildman–Crippen MR) is 59.7 cm³/mol. The average molecular weight is 206 g/mol. The molecule has 0 amide bonds. The molecule has 2 N–H and O–H groups in total. The monoisotopic (exact) mass is 206 g/mol. The van der Waals surface area contributed by atoms with Crippen molar-refractivity contribution in [2.75, 3.05) is 4.90 Å². The first-order valence-corrected chi connectivity index (χ1v) is 5.77. The summed E-state index contributed by atoms with van der Waals surface area (Å²) in [5, 5.41) is 4.50. The molecular weight excluding hydrogens is 188 g/mol. The van der Waals surface area contributed by atoms with E-state index >= 15 is 0 Å². The van der Waals surface area contributed by atoms with Gasteiger partial charge in [0, 0.05) is 37.4 Å². The lowest BCUT2D eigenvalue weighted by Gasteiger charge is -2.37. The van der Waals surface area contributed by atoms with Crippen molar-refractivity contribution in [3.63, 3.8) is 0 Å². The number of aryl methyl sites for hydroxylation is 1. The molecule has 4 heteroatoms. The Kier molecular flexibility index (Phi) is 1.99. The first kappa shape index (κ1) is 9.21. The molecule has 3 heterocycles. The Morgan fingerprint density at radius 2 is 2.00 bits per heavy atom. The van der Waals surface area contributed by atoms with Crippen molar-refractivity contribution < 1.29 is 0 Å². The van der Waals surface area contributed by atoms with Gasteiger partial charge in [0.2, 0.25) is 0 Å². The fraction of sp³-hybridized carbons (Fsp3) is 0.727. The van der Waals surface area contributed by atoms with Gasteiger partial charge in [0.05, 0.1) is 0 Å². The van der Waals surface area contributed by atoms with Crippen LogP contribution in [0.15, 0.2) is 12.3 Å². The summed E-state index contributed by atoms with van der Waals surface area (Å²) in [7, 11) is 1.97. The number of hydrogen-bond acceptors (Lipinski definition) is 3. The topological polar surface area (TPSA) is 47.1 Å². The zero-order valence-corrected chi connectivity index (χ0v) is 9.13. The number of hydrogen-bond donors (Lipinski definition) is 1. The van der Waals surface area contributed by atoms with Gasteiger partial charge in [-0.3, -0.25) is 4.68 Å². The Balaban J connectivity index is 1.88. The number of anilines is 1. The lowest BCUT2D eigenvalue weighted by atomic mass is 9.98. The quantitative estimate of drug-likeness (QED) is 0.742. The van der Waals surface area contributed by atoms with E-state index in [9.17, 15) is 0 Å². The third-order valence-corrected chi connectivity index (χ3v) is 3.73. The second-order valence-electron chi connectivity index (χ2n) is 4.87. The molecule has 2 aliphatic heterocycles. The van der Waals surface area contributed by atoms with Crippen molar-refractivity contribution in [3.8, 4) is 0 Å². The van der Waals surface area contributed by atoms with Crippen LogP contribution in [0.4, 0.5) is 5.82 Å². The van der Waals surface area contributed by atoms with Gasteiger partial charge in [-0.2, -0.15) is 5.10 Å². The van der Waals surface area contributed by atoms with E-state index in [4.69, 9.17) is 5.73 Å². The van der Waals surface area contributed by atoms with E-state index in [1.54, 1.807) is 0 Å². The van der Waals surface area contributed by atoms with Gasteiger partial charge in [-0.1, -0.05) is 0 Å². The average Bonchev–Trinajstić information content (AvgIpc) is 2.69. The summed E-state index contributed by atoms with van der Waals surface area (Å²) in [6.07, 6.45) is 6.85. The van der Waals surface area contributed by atoms with Gasteiger partial charge in [-0.15, -0.1) is 0 Å². The van der Waals surface area contributed by atoms with E-state index in [-0.39, 0.29) is 0 Å². The lowest BCUT2D eigenvalue weighted by molar-refractivity contribution is 0.411. The summed E-state index contributed by atoms with van der Waals surface area (Å²) in [5.41, 5.74) is 6.05. The van der Waals surface area contributed by atoms with Crippen LogP contribution < -0.4 is 10.6 Å². The van der Waals surface area contributed by atoms with Gasteiger partial charge in [0.25, 0.3) is 0 Å². The van der Waals surface area contributed by atoms with Gasteiger partial charge in [0.15, 0.2) is 5.82 Å². The summed E-state index contributed by atoms with van der Waals surface area (Å²) in [5.74, 6) is 1.14. The SMILES string of the molecule is Cn1ccc(N2C3CCC2CC(N)C3)n1. The van der Waals surface area contributed by atoms with Gasteiger partial charge in [-0.25, -0.2) is 0 Å². The number of nitrogens with two attached hydrogens (primary N) is 1. The zero-order chi connectivity index (χ0) is 10.4. The summed E-state index contributed by atoms with van der Waals surface area (Å²) < 4.78 is 1.88. The van der Waals surface area contributed by atoms with E-state index in [2.05, 4.69) is 16.1 Å². The fourth-order valence-corrected chi connectivity index (χ4v) is 3.13. The summed E-state index contributed by atoms with van der Waals surface area (Å²) in [6, 6.07) is 3.78. The van der Waals surface area contributed by atoms with E-state index in [1.165, 1.54) is 12.8 Å². The molecule has 0 radical (unpaired) electrons. The Labute approximate surface area is 90.0 Å². The van der Waals surface area contributed by atoms with Crippen LogP contribution in [0.3, 0.4) is 0 Å². The minimum Gasteiger partial charge on any atom is -0.349 e. The summed E-state index contributed by atoms with van der Waals surface area (Å²) >= 11 is 0. The van der Waals surface area contributed by atoms with Crippen LogP contribution in [0.5, 0.6) is 0 Å². The molecule has 2 atom stereocenters. The molecule has 1 aromatic heterocycles. The molecule has 2 aliphatic rings. The standard InChI is InChI=1S/C11H18N4/c1-14-5-4-11(13-14)15-9-2-3-10(15)7-8(12)6-9/h4-5,8-10H,2-3,6-7,12H2,1H3. The molecule has 4 nitrogen and oxygen atoms in total. The minimum atomic E-state index is 0.405. The Morgan fingerprint density at radius 3 is 2.53 bits per heavy atom. The molecule has 82 valence electrons. The second-order valence-corrected chi connectivity index (χ2v) is 4.87. The molecule has 2 saturated heterocycles. The lowest BCUT2D eigenvalue weighted by Crippen LogP contribution is -2.47. The maximum absolute atomic E-state index is 6.05. The van der Waals surface area contributed by atoms with Crippen molar-refractivity contribution in [2.45, 2.75) is 43.8 Å². The van der Waals surface area contributed by atoms with E-state index < -0.39 is 0 Å². The van der Waals surface area contributed by atoms with Crippen LogP contribution in [0.2, 0.25) is 0 Å². The molecule has 3 rings (SSSR count). The molecule has 0 spiro atoms. The molecule has 0 aromatic carbocycles. The van der Waals surface area contributed by atoms with Gasteiger partial charge in [0.1, 0.15) is 0 Å². The van der Waals surface area contributed by atoms with Gasteiger partial charge < -0.3 is 10.6 Å². The molecule has 2 unspecified atom stereocenters. The molecule has 2 fully saturated rings. The molecular formula is C11H18N4. The Hall–Kier alpha value is -1.03. The van der Waals surface area contributed by atoms with Gasteiger partial charge in [-0.05, 0) is 25.7 Å². The fourth-order valence-electron chi connectivity index (χ4n) is 3.13. The van der Waals surface area contributed by atoms with Crippen molar-refractivity contribution in [1.29, 1.82) is 0 Å². The first-order chi connectivity index (χ1) is 7.24. The van der Waals surface area contributed by atoms with Crippen LogP contribution in [0.25, 0.3) is 0 Å². The third-order valence-electron chi connectivity index (χ3n) is 3.73. The summed E-state index contributed by atoms with van der Waals surface area (Å²) in [6.45, 7) is 0. The van der Waals surface area contributed by atoms with Crippen LogP contribution in [0.1, 0.15) is 25.7 Å². The maximum Gasteiger partial charge on any atom is 0.151 e. The molecule has 1 aromatic rings. The van der Waals surface area contributed by atoms with Gasteiger partial charge >= 0.3 is 0 Å². The second kappa shape index (κ2) is 3.23. The van der Waals surface area contributed by atoms with E-state index in [1.807, 2.05) is 17.9 Å². The maximum atomic E-state index is 6.05. The Bertz CT molecular complexity index is 345. The highest BCUT2D eigenvalue weighted by Gasteiger charge is 2.40. The molecule has 0 aliphatic carbocycles. The Morgan fingerprint density at radius 1 is 1.33 bits per heavy atom. The zero-order valence-electron chi connectivity index (χ0n) is 9.13. The normalized spacial score (nSPS) is 34.8. The van der Waals surface area contributed by atoms with Crippen molar-refractivity contribution in [1.82, 2.24) is 9.78 Å². The predicted octanol–water partition coefficient (Wildman–Crippen LogP) is 0.879. The number of aromatic nitrogens is 2. The first-order valence-electron chi connectivity index (χ1n) is 5.77. The van der Waals surface area contributed by atoms with Crippen LogP contribution in [-0.4, -0.2) is 27.9 Å². The van der Waals surface area contributed by atoms with Crippen molar-refractivity contribution in [3.05, 3.63) is 12.3 Å². The van der Waals surface area contributed by atoms with E-state index in [0.29, 0.717) is 18.1 Å². The highest BCUT2D eigenvalue weighted by atomic mass is 15.4. The highest BCUT2D eigenvalue weighted by molar-refractivity contribution is 5.43. The van der Waals surface area contributed by atoms with Crippen molar-refractivity contribution in [2.24, 2.45) is 12.8 Å². The third kappa shape index (κ3) is 1.44. The molecule has 0 saturated carbocycles. The highest BCUT2D eigenvalue weighted by Crippen LogP contribution is 2.37. The molecule has 2 bridgehead atoms. The number of fused-ring (bicyclic) bond motifs is 2. The van der Waals surface area contributed by atoms with Crippen LogP contribution >= 0.6 is 0 Å².